The number of aromatic carboxylic acids is 1. The maximum absolute atomic E-state index is 13.5. The van der Waals surface area contributed by atoms with Gasteiger partial charge in [0.05, 0.1) is 21.1 Å². The Labute approximate surface area is 120 Å². The molecule has 0 spiro atoms. The normalized spacial score (nSPS) is 12.4. The number of benzene rings is 1. The van der Waals surface area contributed by atoms with Gasteiger partial charge < -0.3 is 10.2 Å². The van der Waals surface area contributed by atoms with Crippen molar-refractivity contribution < 1.29 is 27.8 Å². The van der Waals surface area contributed by atoms with Crippen molar-refractivity contribution in [2.24, 2.45) is 0 Å². The summed E-state index contributed by atoms with van der Waals surface area (Å²) in [7, 11) is -4.16. The number of hydrogen-bond acceptors (Lipinski definition) is 4. The first kappa shape index (κ1) is 16.8. The summed E-state index contributed by atoms with van der Waals surface area (Å²) in [6.45, 7) is 2.43. The number of hydrogen-bond donors (Lipinski definition) is 3. The minimum atomic E-state index is -4.16. The van der Waals surface area contributed by atoms with E-state index in [2.05, 4.69) is 0 Å². The lowest BCUT2D eigenvalue weighted by atomic mass is 10.1. The van der Waals surface area contributed by atoms with Gasteiger partial charge in [-0.15, -0.1) is 0 Å². The monoisotopic (exact) mass is 325 g/mol. The van der Waals surface area contributed by atoms with E-state index in [1.54, 1.807) is 0 Å². The molecular formula is C11H13ClFNO5S. The molecular weight excluding hydrogens is 313 g/mol. The molecule has 0 saturated carbocycles. The lowest BCUT2D eigenvalue weighted by molar-refractivity contribution is 0.0695. The number of carboxylic acid groups (broad SMARTS) is 1. The summed E-state index contributed by atoms with van der Waals surface area (Å²) in [5.74, 6) is -2.70. The molecule has 0 fully saturated rings. The Morgan fingerprint density at radius 3 is 2.45 bits per heavy atom. The van der Waals surface area contributed by atoms with E-state index in [1.807, 2.05) is 4.72 Å². The summed E-state index contributed by atoms with van der Waals surface area (Å²) < 4.78 is 39.3. The zero-order valence-electron chi connectivity index (χ0n) is 10.6. The first-order chi connectivity index (χ1) is 8.94. The zero-order valence-corrected chi connectivity index (χ0v) is 12.2. The van der Waals surface area contributed by atoms with Crippen molar-refractivity contribution in [1.29, 1.82) is 0 Å². The van der Waals surface area contributed by atoms with E-state index in [1.165, 1.54) is 13.8 Å². The molecule has 0 aliphatic heterocycles. The second-order valence-corrected chi connectivity index (χ2v) is 6.85. The summed E-state index contributed by atoms with van der Waals surface area (Å²) in [4.78, 5) is 10.3. The van der Waals surface area contributed by atoms with Crippen LogP contribution in [-0.2, 0) is 10.0 Å². The molecule has 1 aromatic carbocycles. The van der Waals surface area contributed by atoms with Gasteiger partial charge in [0.2, 0.25) is 10.0 Å². The van der Waals surface area contributed by atoms with Crippen LogP contribution in [0, 0.1) is 5.82 Å². The van der Waals surface area contributed by atoms with E-state index in [0.29, 0.717) is 6.07 Å². The van der Waals surface area contributed by atoms with Crippen molar-refractivity contribution in [2.75, 3.05) is 6.54 Å². The summed E-state index contributed by atoms with van der Waals surface area (Å²) in [6, 6.07) is 1.36. The highest BCUT2D eigenvalue weighted by atomic mass is 35.5. The summed E-state index contributed by atoms with van der Waals surface area (Å²) >= 11 is 5.45. The standard InChI is InChI=1S/C11H13ClFNO5S/c1-11(2,17)5-14-20(18,19)6-3-7(10(15)16)9(12)8(13)4-6/h3-4,14,17H,5H2,1-2H3,(H,15,16). The van der Waals surface area contributed by atoms with E-state index < -0.39 is 42.9 Å². The average Bonchev–Trinajstić information content (AvgIpc) is 2.28. The van der Waals surface area contributed by atoms with Gasteiger partial charge in [0.25, 0.3) is 0 Å². The number of carboxylic acids is 1. The van der Waals surface area contributed by atoms with Gasteiger partial charge in [-0.3, -0.25) is 0 Å². The van der Waals surface area contributed by atoms with Crippen LogP contribution in [0.3, 0.4) is 0 Å². The Bertz CT molecular complexity index is 639. The average molecular weight is 326 g/mol. The van der Waals surface area contributed by atoms with Gasteiger partial charge in [-0.2, -0.15) is 0 Å². The number of rotatable bonds is 5. The Balaban J connectivity index is 3.23. The molecule has 0 saturated heterocycles. The SMILES string of the molecule is CC(C)(O)CNS(=O)(=O)c1cc(F)c(Cl)c(C(=O)O)c1. The third kappa shape index (κ3) is 4.14. The van der Waals surface area contributed by atoms with Crippen LogP contribution in [0.5, 0.6) is 0 Å². The van der Waals surface area contributed by atoms with Gasteiger partial charge >= 0.3 is 5.97 Å². The van der Waals surface area contributed by atoms with Crippen LogP contribution in [0.15, 0.2) is 17.0 Å². The van der Waals surface area contributed by atoms with Gasteiger partial charge in [0.15, 0.2) is 0 Å². The Morgan fingerprint density at radius 2 is 2.00 bits per heavy atom. The smallest absolute Gasteiger partial charge is 0.337 e. The minimum Gasteiger partial charge on any atom is -0.478 e. The molecule has 0 unspecified atom stereocenters. The van der Waals surface area contributed by atoms with Crippen LogP contribution in [0.2, 0.25) is 5.02 Å². The van der Waals surface area contributed by atoms with E-state index in [4.69, 9.17) is 16.7 Å². The molecule has 3 N–H and O–H groups in total. The molecule has 112 valence electrons. The summed E-state index contributed by atoms with van der Waals surface area (Å²) in [5, 5.41) is 17.6. The summed E-state index contributed by atoms with van der Waals surface area (Å²) in [6.07, 6.45) is 0. The lowest BCUT2D eigenvalue weighted by Gasteiger charge is -2.18. The van der Waals surface area contributed by atoms with Gasteiger partial charge in [-0.25, -0.2) is 22.3 Å². The largest absolute Gasteiger partial charge is 0.478 e. The van der Waals surface area contributed by atoms with Crippen LogP contribution in [0.4, 0.5) is 4.39 Å². The molecule has 0 radical (unpaired) electrons. The molecule has 1 aromatic rings. The van der Waals surface area contributed by atoms with Crippen LogP contribution >= 0.6 is 11.6 Å². The van der Waals surface area contributed by atoms with Crippen molar-refractivity contribution in [1.82, 2.24) is 4.72 Å². The molecule has 0 amide bonds. The highest BCUT2D eigenvalue weighted by Gasteiger charge is 2.24. The van der Waals surface area contributed by atoms with Crippen LogP contribution in [0.1, 0.15) is 24.2 Å². The Kier molecular flexibility index (Phi) is 4.75. The minimum absolute atomic E-state index is 0.317. The van der Waals surface area contributed by atoms with Crippen molar-refractivity contribution in [3.8, 4) is 0 Å². The quantitative estimate of drug-likeness (QED) is 0.755. The fraction of sp³-hybridized carbons (Fsp3) is 0.364. The van der Waals surface area contributed by atoms with Gasteiger partial charge in [0.1, 0.15) is 5.82 Å². The Morgan fingerprint density at radius 1 is 1.45 bits per heavy atom. The highest BCUT2D eigenvalue weighted by molar-refractivity contribution is 7.89. The number of aliphatic hydroxyl groups is 1. The third-order valence-corrected chi connectivity index (χ3v) is 4.00. The molecule has 0 atom stereocenters. The third-order valence-electron chi connectivity index (χ3n) is 2.24. The topological polar surface area (TPSA) is 104 Å². The molecule has 0 aromatic heterocycles. The maximum atomic E-state index is 13.5. The maximum Gasteiger partial charge on any atom is 0.337 e. The lowest BCUT2D eigenvalue weighted by Crippen LogP contribution is -2.38. The van der Waals surface area contributed by atoms with E-state index in [0.717, 1.165) is 6.07 Å². The first-order valence-electron chi connectivity index (χ1n) is 5.38. The second kappa shape index (κ2) is 5.65. The van der Waals surface area contributed by atoms with Gasteiger partial charge in [-0.1, -0.05) is 11.6 Å². The van der Waals surface area contributed by atoms with Crippen LogP contribution in [0.25, 0.3) is 0 Å². The molecule has 6 nitrogen and oxygen atoms in total. The first-order valence-corrected chi connectivity index (χ1v) is 7.24. The molecule has 0 aliphatic carbocycles. The summed E-state index contributed by atoms with van der Waals surface area (Å²) in [5.41, 5.74) is -1.97. The molecule has 20 heavy (non-hydrogen) atoms. The van der Waals surface area contributed by atoms with E-state index in [-0.39, 0.29) is 6.54 Å². The fourth-order valence-electron chi connectivity index (χ4n) is 1.23. The van der Waals surface area contributed by atoms with Crippen LogP contribution in [-0.4, -0.2) is 36.7 Å². The van der Waals surface area contributed by atoms with Gasteiger partial charge in [-0.05, 0) is 26.0 Å². The van der Waals surface area contributed by atoms with Crippen molar-refractivity contribution >= 4 is 27.6 Å². The van der Waals surface area contributed by atoms with E-state index in [9.17, 15) is 22.7 Å². The Hall–Kier alpha value is -1.22. The molecule has 0 aliphatic rings. The predicted molar refractivity (Wildman–Crippen MR) is 69.9 cm³/mol. The van der Waals surface area contributed by atoms with Crippen molar-refractivity contribution in [3.05, 3.63) is 28.5 Å². The fourth-order valence-corrected chi connectivity index (χ4v) is 2.66. The highest BCUT2D eigenvalue weighted by Crippen LogP contribution is 2.24. The molecule has 9 heteroatoms. The number of nitrogens with one attached hydrogen (secondary N) is 1. The van der Waals surface area contributed by atoms with E-state index >= 15 is 0 Å². The number of sulfonamides is 1. The number of carbonyl (C=O) groups is 1. The zero-order chi connectivity index (χ0) is 15.7. The van der Waals surface area contributed by atoms with Gasteiger partial charge in [0, 0.05) is 6.54 Å². The van der Waals surface area contributed by atoms with Crippen molar-refractivity contribution in [3.63, 3.8) is 0 Å². The molecule has 0 heterocycles. The number of halogens is 2. The second-order valence-electron chi connectivity index (χ2n) is 4.71. The predicted octanol–water partition coefficient (Wildman–Crippen LogP) is 1.23. The van der Waals surface area contributed by atoms with Crippen molar-refractivity contribution in [2.45, 2.75) is 24.3 Å². The molecule has 0 bridgehead atoms. The van der Waals surface area contributed by atoms with Crippen LogP contribution < -0.4 is 4.72 Å². The molecule has 1 rings (SSSR count).